The number of carbonyl (C=O) groups excluding carboxylic acids is 1. The lowest BCUT2D eigenvalue weighted by Gasteiger charge is -2.37. The van der Waals surface area contributed by atoms with Crippen LogP contribution in [0, 0.1) is 0 Å². The number of hydrogen-bond acceptors (Lipinski definition) is 4. The monoisotopic (exact) mass is 379 g/mol. The summed E-state index contributed by atoms with van der Waals surface area (Å²) in [5.41, 5.74) is 0.0703. The number of rotatable bonds is 6. The SMILES string of the molecule is CN=C(NCC(C)(C)c1cccs1)N1CCN(CC(=O)NC(C)C)CC1. The highest BCUT2D eigenvalue weighted by atomic mass is 32.1. The van der Waals surface area contributed by atoms with Crippen LogP contribution in [0.1, 0.15) is 32.6 Å². The van der Waals surface area contributed by atoms with Gasteiger partial charge in [0.1, 0.15) is 0 Å². The zero-order chi connectivity index (χ0) is 19.2. The summed E-state index contributed by atoms with van der Waals surface area (Å²) in [6.45, 7) is 13.3. The van der Waals surface area contributed by atoms with Gasteiger partial charge in [-0.2, -0.15) is 0 Å². The van der Waals surface area contributed by atoms with Gasteiger partial charge in [-0.1, -0.05) is 19.9 Å². The first-order valence-corrected chi connectivity index (χ1v) is 10.2. The number of hydrogen-bond donors (Lipinski definition) is 2. The van der Waals surface area contributed by atoms with Crippen LogP contribution in [0.25, 0.3) is 0 Å². The molecule has 2 N–H and O–H groups in total. The highest BCUT2D eigenvalue weighted by molar-refractivity contribution is 7.10. The molecule has 0 saturated carbocycles. The van der Waals surface area contributed by atoms with E-state index in [1.54, 1.807) is 11.3 Å². The van der Waals surface area contributed by atoms with Crippen molar-refractivity contribution in [1.82, 2.24) is 20.4 Å². The van der Waals surface area contributed by atoms with Crippen LogP contribution in [0.3, 0.4) is 0 Å². The number of piperazine rings is 1. The third kappa shape index (κ3) is 5.99. The number of nitrogens with one attached hydrogen (secondary N) is 2. The van der Waals surface area contributed by atoms with E-state index in [-0.39, 0.29) is 17.4 Å². The van der Waals surface area contributed by atoms with Gasteiger partial charge >= 0.3 is 0 Å². The molecule has 1 saturated heterocycles. The minimum absolute atomic E-state index is 0.0703. The maximum absolute atomic E-state index is 11.9. The molecule has 1 aliphatic heterocycles. The van der Waals surface area contributed by atoms with Gasteiger partial charge in [0.05, 0.1) is 6.54 Å². The first-order valence-electron chi connectivity index (χ1n) is 9.33. The summed E-state index contributed by atoms with van der Waals surface area (Å²) in [5.74, 6) is 1.05. The van der Waals surface area contributed by atoms with Crippen molar-refractivity contribution in [2.75, 3.05) is 46.3 Å². The summed E-state index contributed by atoms with van der Waals surface area (Å²) in [5, 5.41) is 8.62. The molecule has 0 radical (unpaired) electrons. The van der Waals surface area contributed by atoms with Gasteiger partial charge in [0.15, 0.2) is 5.96 Å². The van der Waals surface area contributed by atoms with Crippen molar-refractivity contribution < 1.29 is 4.79 Å². The number of nitrogens with zero attached hydrogens (tertiary/aromatic N) is 3. The van der Waals surface area contributed by atoms with Crippen LogP contribution in [0.4, 0.5) is 0 Å². The first kappa shape index (κ1) is 20.7. The van der Waals surface area contributed by atoms with E-state index in [1.807, 2.05) is 20.9 Å². The zero-order valence-corrected chi connectivity index (χ0v) is 17.5. The fourth-order valence-corrected chi connectivity index (χ4v) is 3.92. The Morgan fingerprint density at radius 2 is 2.00 bits per heavy atom. The first-order chi connectivity index (χ1) is 12.3. The molecule has 1 fully saturated rings. The van der Waals surface area contributed by atoms with Gasteiger partial charge in [0.25, 0.3) is 0 Å². The predicted molar refractivity (Wildman–Crippen MR) is 110 cm³/mol. The fraction of sp³-hybridized carbons (Fsp3) is 0.684. The lowest BCUT2D eigenvalue weighted by atomic mass is 9.91. The molecule has 0 aliphatic carbocycles. The molecule has 0 bridgehead atoms. The minimum atomic E-state index is 0.0703. The van der Waals surface area contributed by atoms with E-state index in [0.29, 0.717) is 6.54 Å². The third-order valence-corrected chi connectivity index (χ3v) is 5.81. The number of guanidine groups is 1. The van der Waals surface area contributed by atoms with Gasteiger partial charge in [0, 0.05) is 56.1 Å². The van der Waals surface area contributed by atoms with Gasteiger partial charge in [-0.25, -0.2) is 0 Å². The Morgan fingerprint density at radius 3 is 2.54 bits per heavy atom. The Kier molecular flexibility index (Phi) is 7.46. The molecule has 2 heterocycles. The molecule has 1 aromatic heterocycles. The smallest absolute Gasteiger partial charge is 0.234 e. The summed E-state index contributed by atoms with van der Waals surface area (Å²) in [6, 6.07) is 4.49. The molecular weight excluding hydrogens is 346 g/mol. The number of amides is 1. The second-order valence-corrected chi connectivity index (χ2v) is 8.70. The van der Waals surface area contributed by atoms with Crippen LogP contribution in [-0.4, -0.2) is 74.0 Å². The molecule has 0 aromatic carbocycles. The van der Waals surface area contributed by atoms with Crippen LogP contribution in [0.2, 0.25) is 0 Å². The maximum Gasteiger partial charge on any atom is 0.234 e. The summed E-state index contributed by atoms with van der Waals surface area (Å²) in [4.78, 5) is 22.2. The zero-order valence-electron chi connectivity index (χ0n) is 16.7. The minimum Gasteiger partial charge on any atom is -0.355 e. The lowest BCUT2D eigenvalue weighted by Crippen LogP contribution is -2.55. The van der Waals surface area contributed by atoms with Crippen molar-refractivity contribution in [2.45, 2.75) is 39.2 Å². The fourth-order valence-electron chi connectivity index (χ4n) is 3.07. The van der Waals surface area contributed by atoms with Crippen LogP contribution in [-0.2, 0) is 10.2 Å². The van der Waals surface area contributed by atoms with E-state index in [9.17, 15) is 4.79 Å². The Labute approximate surface area is 161 Å². The van der Waals surface area contributed by atoms with Gasteiger partial charge in [-0.3, -0.25) is 14.7 Å². The van der Waals surface area contributed by atoms with E-state index < -0.39 is 0 Å². The number of aliphatic imine (C=N–C) groups is 1. The van der Waals surface area contributed by atoms with Crippen molar-refractivity contribution in [3.05, 3.63) is 22.4 Å². The molecule has 1 aliphatic rings. The van der Waals surface area contributed by atoms with Gasteiger partial charge in [-0.05, 0) is 25.3 Å². The standard InChI is InChI=1S/C19H33N5OS/c1-15(2)22-17(25)13-23-8-10-24(11-9-23)18(20-5)21-14-19(3,4)16-7-6-12-26-16/h6-7,12,15H,8-11,13-14H2,1-5H3,(H,20,21)(H,22,25). The molecule has 26 heavy (non-hydrogen) atoms. The number of thiophene rings is 1. The topological polar surface area (TPSA) is 60.0 Å². The van der Waals surface area contributed by atoms with E-state index in [4.69, 9.17) is 0 Å². The van der Waals surface area contributed by atoms with E-state index in [1.165, 1.54) is 4.88 Å². The maximum atomic E-state index is 11.9. The van der Waals surface area contributed by atoms with Crippen LogP contribution >= 0.6 is 11.3 Å². The van der Waals surface area contributed by atoms with Gasteiger partial charge in [-0.15, -0.1) is 11.3 Å². The van der Waals surface area contributed by atoms with E-state index >= 15 is 0 Å². The molecular formula is C19H33N5OS. The molecule has 146 valence electrons. The lowest BCUT2D eigenvalue weighted by molar-refractivity contribution is -0.123. The Morgan fingerprint density at radius 1 is 1.31 bits per heavy atom. The Balaban J connectivity index is 1.80. The summed E-state index contributed by atoms with van der Waals surface area (Å²) in [7, 11) is 1.84. The normalized spacial score (nSPS) is 16.8. The van der Waals surface area contributed by atoms with Crippen molar-refractivity contribution in [1.29, 1.82) is 0 Å². The largest absolute Gasteiger partial charge is 0.355 e. The third-order valence-electron chi connectivity index (χ3n) is 4.58. The van der Waals surface area contributed by atoms with Gasteiger partial charge in [0.2, 0.25) is 5.91 Å². The highest BCUT2D eigenvalue weighted by Crippen LogP contribution is 2.26. The Hall–Kier alpha value is -1.60. The molecule has 2 rings (SSSR count). The van der Waals surface area contributed by atoms with Crippen LogP contribution in [0.5, 0.6) is 0 Å². The van der Waals surface area contributed by atoms with Crippen molar-refractivity contribution >= 4 is 23.2 Å². The quantitative estimate of drug-likeness (QED) is 0.584. The molecule has 7 heteroatoms. The average Bonchev–Trinajstić information content (AvgIpc) is 3.11. The van der Waals surface area contributed by atoms with Crippen molar-refractivity contribution in [3.8, 4) is 0 Å². The van der Waals surface area contributed by atoms with E-state index in [2.05, 4.69) is 56.8 Å². The van der Waals surface area contributed by atoms with Gasteiger partial charge < -0.3 is 15.5 Å². The molecule has 0 spiro atoms. The second-order valence-electron chi connectivity index (χ2n) is 7.75. The highest BCUT2D eigenvalue weighted by Gasteiger charge is 2.25. The molecule has 1 aromatic rings. The summed E-state index contributed by atoms with van der Waals surface area (Å²) < 4.78 is 0. The predicted octanol–water partition coefficient (Wildman–Crippen LogP) is 1.74. The van der Waals surface area contributed by atoms with Crippen LogP contribution in [0.15, 0.2) is 22.5 Å². The summed E-state index contributed by atoms with van der Waals surface area (Å²) in [6.07, 6.45) is 0. The second kappa shape index (κ2) is 9.37. The van der Waals surface area contributed by atoms with Crippen molar-refractivity contribution in [3.63, 3.8) is 0 Å². The molecule has 6 nitrogen and oxygen atoms in total. The number of carbonyl (C=O) groups is 1. The molecule has 0 atom stereocenters. The molecule has 1 amide bonds. The molecule has 0 unspecified atom stereocenters. The van der Waals surface area contributed by atoms with E-state index in [0.717, 1.165) is 38.7 Å². The summed E-state index contributed by atoms with van der Waals surface area (Å²) >= 11 is 1.80. The Bertz CT molecular complexity index is 589. The van der Waals surface area contributed by atoms with Crippen LogP contribution < -0.4 is 10.6 Å². The van der Waals surface area contributed by atoms with Crippen molar-refractivity contribution in [2.24, 2.45) is 4.99 Å². The average molecular weight is 380 g/mol.